The lowest BCUT2D eigenvalue weighted by atomic mass is 10.0. The van der Waals surface area contributed by atoms with Crippen molar-refractivity contribution in [2.24, 2.45) is 0 Å². The molecule has 0 aliphatic carbocycles. The summed E-state index contributed by atoms with van der Waals surface area (Å²) < 4.78 is 12.2. The van der Waals surface area contributed by atoms with Gasteiger partial charge in [-0.2, -0.15) is 0 Å². The molecule has 37 heavy (non-hydrogen) atoms. The second-order valence-electron chi connectivity index (χ2n) is 9.06. The molecule has 6 heteroatoms. The monoisotopic (exact) mass is 564 g/mol. The molecular weight excluding hydrogens is 528 g/mol. The summed E-state index contributed by atoms with van der Waals surface area (Å²) in [6.45, 7) is 7.03. The molecule has 0 fully saturated rings. The maximum absolute atomic E-state index is 13.3. The quantitative estimate of drug-likeness (QED) is 0.112. The van der Waals surface area contributed by atoms with Gasteiger partial charge in [-0.25, -0.2) is 0 Å². The Morgan fingerprint density at radius 1 is 0.973 bits per heavy atom. The minimum atomic E-state index is -0.0299. The average molecular weight is 566 g/mol. The highest BCUT2D eigenvalue weighted by atomic mass is 79.9. The summed E-state index contributed by atoms with van der Waals surface area (Å²) in [5.41, 5.74) is 3.11. The minimum Gasteiger partial charge on any atom is -0.497 e. The van der Waals surface area contributed by atoms with Gasteiger partial charge in [0.25, 0.3) is 0 Å². The number of halogens is 1. The zero-order chi connectivity index (χ0) is 26.5. The number of ether oxygens (including phenoxy) is 2. The summed E-state index contributed by atoms with van der Waals surface area (Å²) in [4.78, 5) is 15.6. The third-order valence-corrected chi connectivity index (χ3v) is 6.66. The zero-order valence-corrected chi connectivity index (χ0v) is 23.4. The molecule has 196 valence electrons. The van der Waals surface area contributed by atoms with Crippen molar-refractivity contribution >= 4 is 27.4 Å². The van der Waals surface area contributed by atoms with E-state index in [0.29, 0.717) is 24.3 Å². The van der Waals surface area contributed by atoms with E-state index in [-0.39, 0.29) is 5.78 Å². The Kier molecular flexibility index (Phi) is 11.7. The van der Waals surface area contributed by atoms with E-state index in [4.69, 9.17) is 9.47 Å². The van der Waals surface area contributed by atoms with Crippen molar-refractivity contribution in [1.82, 2.24) is 4.90 Å². The molecule has 0 saturated carbocycles. The molecule has 0 aliphatic heterocycles. The minimum absolute atomic E-state index is 0.0299. The van der Waals surface area contributed by atoms with Gasteiger partial charge in [-0.15, -0.1) is 6.58 Å². The summed E-state index contributed by atoms with van der Waals surface area (Å²) in [5.74, 6) is 1.54. The molecule has 0 heterocycles. The average Bonchev–Trinajstić information content (AvgIpc) is 2.92. The van der Waals surface area contributed by atoms with Gasteiger partial charge in [0.05, 0.1) is 13.7 Å². The number of carbonyl (C=O) groups is 1. The number of anilines is 1. The summed E-state index contributed by atoms with van der Waals surface area (Å²) in [6, 6.07) is 21.0. The van der Waals surface area contributed by atoms with Gasteiger partial charge >= 0.3 is 0 Å². The number of ketones is 1. The van der Waals surface area contributed by atoms with Crippen LogP contribution in [-0.2, 0) is 6.54 Å². The number of carbonyl (C=O) groups excluding carboxylic acids is 1. The number of rotatable bonds is 16. The fraction of sp³-hybridized carbons (Fsp3) is 0.323. The first-order chi connectivity index (χ1) is 18.0. The largest absolute Gasteiger partial charge is 0.497 e. The van der Waals surface area contributed by atoms with Crippen molar-refractivity contribution in [1.29, 1.82) is 0 Å². The molecule has 0 unspecified atom stereocenters. The van der Waals surface area contributed by atoms with Gasteiger partial charge in [-0.05, 0) is 80.5 Å². The topological polar surface area (TPSA) is 50.8 Å². The van der Waals surface area contributed by atoms with Crippen LogP contribution in [0.3, 0.4) is 0 Å². The molecule has 0 aliphatic rings. The zero-order valence-electron chi connectivity index (χ0n) is 21.8. The molecule has 0 spiro atoms. The Hall–Kier alpha value is -3.09. The van der Waals surface area contributed by atoms with E-state index in [1.54, 1.807) is 7.11 Å². The van der Waals surface area contributed by atoms with E-state index in [9.17, 15) is 4.79 Å². The Bertz CT molecular complexity index is 1130. The van der Waals surface area contributed by atoms with E-state index in [1.165, 1.54) is 12.8 Å². The predicted octanol–water partition coefficient (Wildman–Crippen LogP) is 7.36. The van der Waals surface area contributed by atoms with Crippen molar-refractivity contribution in [3.05, 3.63) is 101 Å². The van der Waals surface area contributed by atoms with Crippen LogP contribution in [-0.4, -0.2) is 44.5 Å². The van der Waals surface area contributed by atoms with E-state index in [0.717, 1.165) is 53.2 Å². The lowest BCUT2D eigenvalue weighted by Gasteiger charge is -2.15. The second-order valence-corrected chi connectivity index (χ2v) is 9.97. The van der Waals surface area contributed by atoms with Crippen molar-refractivity contribution in [2.45, 2.75) is 32.2 Å². The Labute approximate surface area is 229 Å². The first kappa shape index (κ1) is 28.5. The second kappa shape index (κ2) is 15.2. The van der Waals surface area contributed by atoms with Gasteiger partial charge in [0, 0.05) is 40.4 Å². The van der Waals surface area contributed by atoms with Crippen LogP contribution >= 0.6 is 15.9 Å². The lowest BCUT2D eigenvalue weighted by Crippen LogP contribution is -2.19. The van der Waals surface area contributed by atoms with Gasteiger partial charge in [0.2, 0.25) is 0 Å². The molecule has 3 aromatic rings. The van der Waals surface area contributed by atoms with Crippen LogP contribution < -0.4 is 14.8 Å². The van der Waals surface area contributed by atoms with Crippen molar-refractivity contribution in [2.75, 3.05) is 39.2 Å². The van der Waals surface area contributed by atoms with Crippen LogP contribution in [0, 0.1) is 0 Å². The van der Waals surface area contributed by atoms with E-state index in [2.05, 4.69) is 39.8 Å². The predicted molar refractivity (Wildman–Crippen MR) is 156 cm³/mol. The number of nitrogens with one attached hydrogen (secondary N) is 1. The van der Waals surface area contributed by atoms with Crippen LogP contribution in [0.4, 0.5) is 5.69 Å². The van der Waals surface area contributed by atoms with Gasteiger partial charge < -0.3 is 19.7 Å². The molecule has 3 aromatic carbocycles. The van der Waals surface area contributed by atoms with Crippen LogP contribution in [0.1, 0.15) is 47.2 Å². The van der Waals surface area contributed by atoms with Gasteiger partial charge in [-0.3, -0.25) is 4.79 Å². The first-order valence-electron chi connectivity index (χ1n) is 12.7. The van der Waals surface area contributed by atoms with Crippen LogP contribution in [0.2, 0.25) is 0 Å². The Morgan fingerprint density at radius 3 is 2.38 bits per heavy atom. The molecule has 1 N–H and O–H groups in total. The van der Waals surface area contributed by atoms with Gasteiger partial charge in [0.15, 0.2) is 5.78 Å². The third-order valence-electron chi connectivity index (χ3n) is 6.13. The number of nitrogens with zero attached hydrogens (tertiary/aromatic N) is 1. The standard InChI is InChI=1S/C31H37BrN2O3/c1-4-19-34(2)20-7-5-6-8-21-37-28-17-18-29(31(35)25-11-13-26(32)14-12-25)30(22-28)33-23-24-9-15-27(36-3)16-10-24/h4,9-18,22,33H,1,5-8,19-21,23H2,2-3H3. The SMILES string of the molecule is C=CCN(C)CCCCCCOc1ccc(C(=O)c2ccc(Br)cc2)c(NCc2ccc(OC)cc2)c1. The number of hydrogen-bond donors (Lipinski definition) is 1. The molecule has 0 saturated heterocycles. The van der Waals surface area contributed by atoms with Crippen LogP contribution in [0.15, 0.2) is 83.9 Å². The smallest absolute Gasteiger partial charge is 0.195 e. The summed E-state index contributed by atoms with van der Waals surface area (Å²) >= 11 is 3.44. The summed E-state index contributed by atoms with van der Waals surface area (Å²) in [7, 11) is 3.78. The molecule has 0 aromatic heterocycles. The number of unbranched alkanes of at least 4 members (excludes halogenated alkanes) is 3. The van der Waals surface area contributed by atoms with E-state index in [1.807, 2.05) is 72.8 Å². The molecular formula is C31H37BrN2O3. The fourth-order valence-electron chi connectivity index (χ4n) is 3.99. The van der Waals surface area contributed by atoms with Crippen LogP contribution in [0.5, 0.6) is 11.5 Å². The van der Waals surface area contributed by atoms with Crippen LogP contribution in [0.25, 0.3) is 0 Å². The number of hydrogen-bond acceptors (Lipinski definition) is 5. The molecule has 0 amide bonds. The van der Waals surface area contributed by atoms with Gasteiger partial charge in [0.1, 0.15) is 11.5 Å². The highest BCUT2D eigenvalue weighted by Gasteiger charge is 2.15. The molecule has 0 bridgehead atoms. The summed E-state index contributed by atoms with van der Waals surface area (Å²) in [6.07, 6.45) is 6.42. The third kappa shape index (κ3) is 9.38. The van der Waals surface area contributed by atoms with Crippen molar-refractivity contribution in [3.8, 4) is 11.5 Å². The summed E-state index contributed by atoms with van der Waals surface area (Å²) in [5, 5.41) is 3.45. The van der Waals surface area contributed by atoms with Gasteiger partial charge in [-0.1, -0.05) is 47.0 Å². The highest BCUT2D eigenvalue weighted by Crippen LogP contribution is 2.27. The van der Waals surface area contributed by atoms with Crippen molar-refractivity contribution < 1.29 is 14.3 Å². The molecule has 0 radical (unpaired) electrons. The number of likely N-dealkylation sites (N-methyl/N-ethyl adjacent to an activating group) is 1. The molecule has 3 rings (SSSR count). The highest BCUT2D eigenvalue weighted by molar-refractivity contribution is 9.10. The fourth-order valence-corrected chi connectivity index (χ4v) is 4.26. The maximum atomic E-state index is 13.3. The van der Waals surface area contributed by atoms with E-state index < -0.39 is 0 Å². The normalized spacial score (nSPS) is 10.8. The Balaban J connectivity index is 1.63. The number of benzene rings is 3. The lowest BCUT2D eigenvalue weighted by molar-refractivity contribution is 0.103. The maximum Gasteiger partial charge on any atom is 0.195 e. The number of methoxy groups -OCH3 is 1. The van der Waals surface area contributed by atoms with E-state index >= 15 is 0 Å². The molecule has 0 atom stereocenters. The van der Waals surface area contributed by atoms with Crippen molar-refractivity contribution in [3.63, 3.8) is 0 Å². The molecule has 5 nitrogen and oxygen atoms in total. The Morgan fingerprint density at radius 2 is 1.68 bits per heavy atom. The first-order valence-corrected chi connectivity index (χ1v) is 13.5.